The second kappa shape index (κ2) is 3.45. The summed E-state index contributed by atoms with van der Waals surface area (Å²) in [6.45, 7) is 2.14. The number of hydrogen-bond donors (Lipinski definition) is 0. The molecule has 0 amide bonds. The molecule has 1 aromatic rings. The first-order valence-corrected chi connectivity index (χ1v) is 5.66. The molecule has 0 radical (unpaired) electrons. The predicted octanol–water partition coefficient (Wildman–Crippen LogP) is 1.86. The molecule has 0 aliphatic carbocycles. The monoisotopic (exact) mass is 339 g/mol. The third-order valence-corrected chi connectivity index (χ3v) is 2.92. The van der Waals surface area contributed by atoms with Crippen molar-refractivity contribution in [2.24, 2.45) is 0 Å². The Morgan fingerprint density at radius 3 is 2.50 bits per heavy atom. The van der Waals surface area contributed by atoms with Crippen LogP contribution < -0.4 is 4.90 Å². The molecule has 1 aliphatic heterocycles. The zero-order valence-electron chi connectivity index (χ0n) is 6.24. The van der Waals surface area contributed by atoms with Gasteiger partial charge in [-0.1, -0.05) is 22.6 Å². The van der Waals surface area contributed by atoms with Crippen LogP contribution in [0, 0.1) is 0 Å². The number of anilines is 1. The molecule has 1 saturated heterocycles. The Balaban J connectivity index is 2.09. The fourth-order valence-electron chi connectivity index (χ4n) is 1.06. The lowest BCUT2D eigenvalue weighted by Crippen LogP contribution is -2.48. The van der Waals surface area contributed by atoms with Crippen molar-refractivity contribution in [2.45, 2.75) is 3.92 Å². The third-order valence-electron chi connectivity index (χ3n) is 1.73. The molecule has 1 aliphatic rings. The van der Waals surface area contributed by atoms with Crippen molar-refractivity contribution in [1.29, 1.82) is 0 Å². The van der Waals surface area contributed by atoms with E-state index < -0.39 is 0 Å². The number of rotatable bonds is 1. The summed E-state index contributed by atoms with van der Waals surface area (Å²) in [5.41, 5.74) is 0. The molecule has 0 unspecified atom stereocenters. The van der Waals surface area contributed by atoms with Gasteiger partial charge in [-0.05, 0) is 15.9 Å². The average Bonchev–Trinajstić information content (AvgIpc) is 2.01. The second-order valence-electron chi connectivity index (χ2n) is 2.70. The van der Waals surface area contributed by atoms with E-state index in [0.29, 0.717) is 0 Å². The van der Waals surface area contributed by atoms with Crippen LogP contribution in [0.2, 0.25) is 0 Å². The van der Waals surface area contributed by atoms with Crippen molar-refractivity contribution >= 4 is 44.5 Å². The molecule has 1 aromatic heterocycles. The molecule has 5 heteroatoms. The van der Waals surface area contributed by atoms with Crippen LogP contribution >= 0.6 is 38.5 Å². The van der Waals surface area contributed by atoms with Gasteiger partial charge in [-0.25, -0.2) is 9.97 Å². The summed E-state index contributed by atoms with van der Waals surface area (Å²) in [5, 5.41) is 0. The van der Waals surface area contributed by atoms with Crippen LogP contribution in [-0.4, -0.2) is 27.0 Å². The molecule has 0 spiro atoms. The van der Waals surface area contributed by atoms with E-state index >= 15 is 0 Å². The minimum Gasteiger partial charge on any atom is -0.339 e. The minimum atomic E-state index is 0.759. The highest BCUT2D eigenvalue weighted by atomic mass is 127. The highest BCUT2D eigenvalue weighted by Crippen LogP contribution is 2.21. The maximum absolute atomic E-state index is 4.20. The summed E-state index contributed by atoms with van der Waals surface area (Å²) in [6.07, 6.45) is 3.56. The van der Waals surface area contributed by atoms with E-state index in [4.69, 9.17) is 0 Å². The molecule has 1 fully saturated rings. The van der Waals surface area contributed by atoms with Gasteiger partial charge in [-0.2, -0.15) is 0 Å². The Bertz CT molecular complexity index is 270. The number of hydrogen-bond acceptors (Lipinski definition) is 3. The number of halogens is 2. The SMILES string of the molecule is Brc1cnc(N2CC(I)C2)nc1. The van der Waals surface area contributed by atoms with Gasteiger partial charge in [0, 0.05) is 29.4 Å². The van der Waals surface area contributed by atoms with Crippen molar-refractivity contribution in [1.82, 2.24) is 9.97 Å². The Kier molecular flexibility index (Phi) is 2.49. The maximum atomic E-state index is 4.20. The van der Waals surface area contributed by atoms with E-state index in [9.17, 15) is 0 Å². The summed E-state index contributed by atoms with van der Waals surface area (Å²) in [4.78, 5) is 10.6. The lowest BCUT2D eigenvalue weighted by Gasteiger charge is -2.35. The molecule has 2 heterocycles. The van der Waals surface area contributed by atoms with E-state index in [1.165, 1.54) is 0 Å². The van der Waals surface area contributed by atoms with Gasteiger partial charge in [0.1, 0.15) is 0 Å². The lowest BCUT2D eigenvalue weighted by atomic mass is 10.2. The van der Waals surface area contributed by atoms with Gasteiger partial charge in [0.2, 0.25) is 5.95 Å². The van der Waals surface area contributed by atoms with Gasteiger partial charge >= 0.3 is 0 Å². The Morgan fingerprint density at radius 2 is 2.00 bits per heavy atom. The zero-order valence-corrected chi connectivity index (χ0v) is 9.99. The van der Waals surface area contributed by atoms with Crippen LogP contribution in [0.4, 0.5) is 5.95 Å². The van der Waals surface area contributed by atoms with E-state index in [0.717, 1.165) is 27.4 Å². The normalized spacial score (nSPS) is 17.7. The van der Waals surface area contributed by atoms with Crippen LogP contribution in [0.25, 0.3) is 0 Å². The number of aromatic nitrogens is 2. The summed E-state index contributed by atoms with van der Waals surface area (Å²) in [5.74, 6) is 0.839. The minimum absolute atomic E-state index is 0.759. The van der Waals surface area contributed by atoms with Gasteiger partial charge in [0.25, 0.3) is 0 Å². The number of alkyl halides is 1. The molecule has 0 bridgehead atoms. The van der Waals surface area contributed by atoms with E-state index in [1.54, 1.807) is 12.4 Å². The molecular weight excluding hydrogens is 333 g/mol. The topological polar surface area (TPSA) is 29.0 Å². The predicted molar refractivity (Wildman–Crippen MR) is 59.8 cm³/mol. The van der Waals surface area contributed by atoms with Crippen LogP contribution in [-0.2, 0) is 0 Å². The Labute approximate surface area is 92.8 Å². The van der Waals surface area contributed by atoms with Crippen molar-refractivity contribution in [2.75, 3.05) is 18.0 Å². The molecule has 0 atom stereocenters. The van der Waals surface area contributed by atoms with Crippen molar-refractivity contribution in [3.05, 3.63) is 16.9 Å². The molecule has 0 N–H and O–H groups in total. The van der Waals surface area contributed by atoms with Crippen LogP contribution in [0.3, 0.4) is 0 Å². The molecule has 0 aromatic carbocycles. The van der Waals surface area contributed by atoms with Gasteiger partial charge in [0.05, 0.1) is 4.47 Å². The number of nitrogens with zero attached hydrogens (tertiary/aromatic N) is 3. The largest absolute Gasteiger partial charge is 0.339 e. The first-order chi connectivity index (χ1) is 5.75. The smallest absolute Gasteiger partial charge is 0.225 e. The second-order valence-corrected chi connectivity index (χ2v) is 5.38. The fourth-order valence-corrected chi connectivity index (χ4v) is 2.21. The van der Waals surface area contributed by atoms with Crippen LogP contribution in [0.15, 0.2) is 16.9 Å². The Hall–Kier alpha value is 0.0900. The molecule has 2 rings (SSSR count). The standard InChI is InChI=1S/C7H7BrIN3/c8-5-1-10-7(11-2-5)12-3-6(9)4-12/h1-2,6H,3-4H2. The quantitative estimate of drug-likeness (QED) is 0.577. The van der Waals surface area contributed by atoms with Crippen molar-refractivity contribution < 1.29 is 0 Å². The van der Waals surface area contributed by atoms with Gasteiger partial charge in [-0.15, -0.1) is 0 Å². The summed E-state index contributed by atoms with van der Waals surface area (Å²) in [7, 11) is 0. The Morgan fingerprint density at radius 1 is 1.42 bits per heavy atom. The third kappa shape index (κ3) is 1.71. The lowest BCUT2D eigenvalue weighted by molar-refractivity contribution is 0.634. The summed E-state index contributed by atoms with van der Waals surface area (Å²) < 4.78 is 1.69. The van der Waals surface area contributed by atoms with Gasteiger partial charge in [-0.3, -0.25) is 0 Å². The summed E-state index contributed by atoms with van der Waals surface area (Å²) in [6, 6.07) is 0. The first kappa shape index (κ1) is 8.68. The average molecular weight is 340 g/mol. The molecule has 3 nitrogen and oxygen atoms in total. The van der Waals surface area contributed by atoms with E-state index in [2.05, 4.69) is 53.4 Å². The van der Waals surface area contributed by atoms with Gasteiger partial charge < -0.3 is 4.90 Å². The molecular formula is C7H7BrIN3. The molecule has 12 heavy (non-hydrogen) atoms. The van der Waals surface area contributed by atoms with Crippen molar-refractivity contribution in [3.63, 3.8) is 0 Å². The fraction of sp³-hybridized carbons (Fsp3) is 0.429. The highest BCUT2D eigenvalue weighted by Gasteiger charge is 2.25. The van der Waals surface area contributed by atoms with Crippen LogP contribution in [0.5, 0.6) is 0 Å². The summed E-state index contributed by atoms with van der Waals surface area (Å²) >= 11 is 5.74. The van der Waals surface area contributed by atoms with Crippen molar-refractivity contribution in [3.8, 4) is 0 Å². The maximum Gasteiger partial charge on any atom is 0.225 e. The first-order valence-electron chi connectivity index (χ1n) is 3.62. The van der Waals surface area contributed by atoms with E-state index in [-0.39, 0.29) is 0 Å². The zero-order chi connectivity index (χ0) is 8.55. The van der Waals surface area contributed by atoms with E-state index in [1.807, 2.05) is 0 Å². The van der Waals surface area contributed by atoms with Crippen LogP contribution in [0.1, 0.15) is 0 Å². The van der Waals surface area contributed by atoms with Gasteiger partial charge in [0.15, 0.2) is 0 Å². The highest BCUT2D eigenvalue weighted by molar-refractivity contribution is 14.1. The molecule has 64 valence electrons. The molecule has 0 saturated carbocycles.